The molecule has 0 N–H and O–H groups in total. The van der Waals surface area contributed by atoms with Gasteiger partial charge in [0.1, 0.15) is 17.2 Å². The lowest BCUT2D eigenvalue weighted by Gasteiger charge is -2.32. The highest BCUT2D eigenvalue weighted by Crippen LogP contribution is 2.30. The fourth-order valence-electron chi connectivity index (χ4n) is 3.93. The van der Waals surface area contributed by atoms with E-state index in [2.05, 4.69) is 39.8 Å². The van der Waals surface area contributed by atoms with Gasteiger partial charge in [0, 0.05) is 19.2 Å². The summed E-state index contributed by atoms with van der Waals surface area (Å²) in [6.45, 7) is 1.60. The van der Waals surface area contributed by atoms with Crippen molar-refractivity contribution in [2.24, 2.45) is 5.92 Å². The smallest absolute Gasteiger partial charge is 0.233 e. The highest BCUT2D eigenvalue weighted by Gasteiger charge is 2.24. The maximum Gasteiger partial charge on any atom is 0.233 e. The van der Waals surface area contributed by atoms with Gasteiger partial charge in [0.15, 0.2) is 0 Å². The number of aromatic nitrogens is 4. The lowest BCUT2D eigenvalue weighted by Crippen LogP contribution is -2.39. The number of carbonyl (C=O) groups excluding carboxylic acids is 1. The van der Waals surface area contributed by atoms with Crippen molar-refractivity contribution in [2.75, 3.05) is 33.1 Å². The van der Waals surface area contributed by atoms with E-state index in [4.69, 9.17) is 9.47 Å². The summed E-state index contributed by atoms with van der Waals surface area (Å²) in [5, 5.41) is 12.5. The number of likely N-dealkylation sites (tertiary alicyclic amines) is 1. The number of thioether (sulfide) groups is 1. The Bertz CT molecular complexity index is 1040. The first-order chi connectivity index (χ1) is 15.7. The maximum atomic E-state index is 12.8. The molecule has 0 saturated carbocycles. The van der Waals surface area contributed by atoms with E-state index in [0.717, 1.165) is 32.4 Å². The minimum Gasteiger partial charge on any atom is -0.497 e. The third-order valence-corrected chi connectivity index (χ3v) is 6.62. The maximum absolute atomic E-state index is 12.8. The molecule has 1 fully saturated rings. The van der Waals surface area contributed by atoms with Crippen molar-refractivity contribution < 1.29 is 14.3 Å². The summed E-state index contributed by atoms with van der Waals surface area (Å²) >= 11 is 1.33. The SMILES string of the molecule is COc1ccc(-n2nnnc2SCC(=O)N2CCC(Cc3ccccc3)CC2)c(OC)c1. The van der Waals surface area contributed by atoms with Gasteiger partial charge in [-0.1, -0.05) is 42.1 Å². The van der Waals surface area contributed by atoms with Crippen LogP contribution in [0.15, 0.2) is 53.7 Å². The van der Waals surface area contributed by atoms with Gasteiger partial charge < -0.3 is 14.4 Å². The van der Waals surface area contributed by atoms with E-state index in [1.165, 1.54) is 17.3 Å². The predicted octanol–water partition coefficient (Wildman–Crippen LogP) is 3.25. The van der Waals surface area contributed by atoms with Gasteiger partial charge in [-0.3, -0.25) is 4.79 Å². The molecule has 0 atom stereocenters. The number of piperidine rings is 1. The molecule has 1 aliphatic heterocycles. The lowest BCUT2D eigenvalue weighted by molar-refractivity contribution is -0.129. The molecule has 4 rings (SSSR count). The Hall–Kier alpha value is -3.07. The van der Waals surface area contributed by atoms with Crippen LogP contribution in [0.1, 0.15) is 18.4 Å². The molecular formula is C23H27N5O3S. The van der Waals surface area contributed by atoms with Crippen LogP contribution in [0.5, 0.6) is 11.5 Å². The molecule has 9 heteroatoms. The van der Waals surface area contributed by atoms with Gasteiger partial charge >= 0.3 is 0 Å². The zero-order valence-corrected chi connectivity index (χ0v) is 19.1. The van der Waals surface area contributed by atoms with E-state index in [0.29, 0.717) is 34.0 Å². The summed E-state index contributed by atoms with van der Waals surface area (Å²) in [5.74, 6) is 2.31. The number of ether oxygens (including phenoxy) is 2. The summed E-state index contributed by atoms with van der Waals surface area (Å²) in [6.07, 6.45) is 3.15. The summed E-state index contributed by atoms with van der Waals surface area (Å²) in [7, 11) is 3.18. The zero-order valence-electron chi connectivity index (χ0n) is 18.3. The van der Waals surface area contributed by atoms with Crippen molar-refractivity contribution in [3.05, 3.63) is 54.1 Å². The molecule has 1 aliphatic rings. The Morgan fingerprint density at radius 2 is 1.88 bits per heavy atom. The van der Waals surface area contributed by atoms with E-state index < -0.39 is 0 Å². The van der Waals surface area contributed by atoms with E-state index in [1.807, 2.05) is 23.1 Å². The second-order valence-electron chi connectivity index (χ2n) is 7.71. The number of rotatable bonds is 8. The molecule has 0 bridgehead atoms. The fourth-order valence-corrected chi connectivity index (χ4v) is 4.72. The van der Waals surface area contributed by atoms with Gasteiger partial charge in [0.05, 0.1) is 20.0 Å². The van der Waals surface area contributed by atoms with E-state index in [9.17, 15) is 4.79 Å². The Kier molecular flexibility index (Phi) is 7.26. The molecule has 1 amide bonds. The third kappa shape index (κ3) is 5.21. The first-order valence-corrected chi connectivity index (χ1v) is 11.6. The van der Waals surface area contributed by atoms with Crippen LogP contribution in [0.3, 0.4) is 0 Å². The molecule has 168 valence electrons. The third-order valence-electron chi connectivity index (χ3n) is 5.72. The van der Waals surface area contributed by atoms with Gasteiger partial charge in [0.2, 0.25) is 11.1 Å². The average molecular weight is 454 g/mol. The van der Waals surface area contributed by atoms with Crippen molar-refractivity contribution in [3.63, 3.8) is 0 Å². The molecule has 2 aromatic carbocycles. The van der Waals surface area contributed by atoms with Crippen LogP contribution in [0.2, 0.25) is 0 Å². The van der Waals surface area contributed by atoms with Crippen molar-refractivity contribution in [3.8, 4) is 17.2 Å². The summed E-state index contributed by atoms with van der Waals surface area (Å²) < 4.78 is 12.3. The number of carbonyl (C=O) groups is 1. The topological polar surface area (TPSA) is 82.4 Å². The lowest BCUT2D eigenvalue weighted by atomic mass is 9.90. The van der Waals surface area contributed by atoms with Crippen LogP contribution in [0, 0.1) is 5.92 Å². The summed E-state index contributed by atoms with van der Waals surface area (Å²) in [6, 6.07) is 16.0. The first kappa shape index (κ1) is 22.1. The van der Waals surface area contributed by atoms with Crippen LogP contribution in [-0.2, 0) is 11.2 Å². The average Bonchev–Trinajstić information content (AvgIpc) is 3.31. The molecule has 1 aromatic heterocycles. The number of amides is 1. The van der Waals surface area contributed by atoms with Gasteiger partial charge in [-0.05, 0) is 53.3 Å². The fraction of sp³-hybridized carbons (Fsp3) is 0.391. The Morgan fingerprint density at radius 3 is 2.59 bits per heavy atom. The number of hydrogen-bond donors (Lipinski definition) is 0. The molecule has 0 aliphatic carbocycles. The number of nitrogens with zero attached hydrogens (tertiary/aromatic N) is 5. The minimum atomic E-state index is 0.115. The second-order valence-corrected chi connectivity index (χ2v) is 8.66. The van der Waals surface area contributed by atoms with Crippen LogP contribution in [0.25, 0.3) is 5.69 Å². The van der Waals surface area contributed by atoms with Gasteiger partial charge in [-0.25, -0.2) is 0 Å². The van der Waals surface area contributed by atoms with Crippen molar-refractivity contribution in [1.82, 2.24) is 25.1 Å². The second kappa shape index (κ2) is 10.5. The van der Waals surface area contributed by atoms with Crippen molar-refractivity contribution in [1.29, 1.82) is 0 Å². The standard InChI is InChI=1S/C23H27N5O3S/c1-30-19-8-9-20(21(15-19)31-2)28-23(24-25-26-28)32-16-22(29)27-12-10-18(11-13-27)14-17-6-4-3-5-7-17/h3-9,15,18H,10-14,16H2,1-2H3. The molecule has 2 heterocycles. The molecule has 0 radical (unpaired) electrons. The number of benzene rings is 2. The predicted molar refractivity (Wildman–Crippen MR) is 122 cm³/mol. The molecule has 8 nitrogen and oxygen atoms in total. The van der Waals surface area contributed by atoms with Gasteiger partial charge in [-0.15, -0.1) is 5.10 Å². The minimum absolute atomic E-state index is 0.115. The summed E-state index contributed by atoms with van der Waals surface area (Å²) in [4.78, 5) is 14.8. The highest BCUT2D eigenvalue weighted by molar-refractivity contribution is 7.99. The molecular weight excluding hydrogens is 426 g/mol. The molecule has 3 aromatic rings. The Balaban J connectivity index is 1.33. The number of methoxy groups -OCH3 is 2. The van der Waals surface area contributed by atoms with Crippen LogP contribution in [-0.4, -0.2) is 64.1 Å². The van der Waals surface area contributed by atoms with E-state index in [-0.39, 0.29) is 5.91 Å². The largest absolute Gasteiger partial charge is 0.497 e. The van der Waals surface area contributed by atoms with Gasteiger partial charge in [-0.2, -0.15) is 4.68 Å². The molecule has 1 saturated heterocycles. The van der Waals surface area contributed by atoms with Crippen LogP contribution < -0.4 is 9.47 Å². The number of tetrazole rings is 1. The highest BCUT2D eigenvalue weighted by atomic mass is 32.2. The molecule has 32 heavy (non-hydrogen) atoms. The van der Waals surface area contributed by atoms with Crippen LogP contribution in [0.4, 0.5) is 0 Å². The molecule has 0 spiro atoms. The van der Waals surface area contributed by atoms with Gasteiger partial charge in [0.25, 0.3) is 0 Å². The Labute approximate surface area is 191 Å². The van der Waals surface area contributed by atoms with Crippen molar-refractivity contribution >= 4 is 17.7 Å². The summed E-state index contributed by atoms with van der Waals surface area (Å²) in [5.41, 5.74) is 2.06. The quantitative estimate of drug-likeness (QED) is 0.484. The van der Waals surface area contributed by atoms with Crippen LogP contribution >= 0.6 is 11.8 Å². The zero-order chi connectivity index (χ0) is 22.3. The molecule has 0 unspecified atom stereocenters. The Morgan fingerprint density at radius 1 is 1.09 bits per heavy atom. The van der Waals surface area contributed by atoms with Crippen molar-refractivity contribution in [2.45, 2.75) is 24.4 Å². The first-order valence-electron chi connectivity index (χ1n) is 10.6. The number of hydrogen-bond acceptors (Lipinski definition) is 7. The van der Waals surface area contributed by atoms with E-state index >= 15 is 0 Å². The normalized spacial score (nSPS) is 14.4. The monoisotopic (exact) mass is 453 g/mol. The van der Waals surface area contributed by atoms with E-state index in [1.54, 1.807) is 25.0 Å².